The lowest BCUT2D eigenvalue weighted by atomic mass is 10.2. The quantitative estimate of drug-likeness (QED) is 0.774. The summed E-state index contributed by atoms with van der Waals surface area (Å²) in [6, 6.07) is 11.0. The fourth-order valence-corrected chi connectivity index (χ4v) is 2.28. The molecular weight excluding hydrogens is 316 g/mol. The molecule has 1 amide bonds. The number of anilines is 1. The normalized spacial score (nSPS) is 10.3. The molecule has 1 aromatic carbocycles. The molecule has 2 heterocycles. The van der Waals surface area contributed by atoms with Crippen molar-refractivity contribution in [1.82, 2.24) is 15.0 Å². The van der Waals surface area contributed by atoms with Crippen LogP contribution in [0.1, 0.15) is 27.4 Å². The van der Waals surface area contributed by atoms with Crippen molar-refractivity contribution < 1.29 is 9.53 Å². The van der Waals surface area contributed by atoms with Gasteiger partial charge < -0.3 is 10.1 Å². The molecule has 0 aliphatic heterocycles. The van der Waals surface area contributed by atoms with Gasteiger partial charge in [0.05, 0.1) is 11.3 Å². The van der Waals surface area contributed by atoms with Gasteiger partial charge in [-0.3, -0.25) is 9.78 Å². The molecule has 3 aromatic rings. The highest BCUT2D eigenvalue weighted by Gasteiger charge is 2.11. The van der Waals surface area contributed by atoms with E-state index < -0.39 is 0 Å². The molecule has 0 radical (unpaired) electrons. The minimum atomic E-state index is -0.233. The number of nitrogens with zero attached hydrogens (tertiary/aromatic N) is 3. The fraction of sp³-hybridized carbons (Fsp3) is 0.158. The van der Waals surface area contributed by atoms with E-state index in [2.05, 4.69) is 20.3 Å². The van der Waals surface area contributed by atoms with Gasteiger partial charge in [0.1, 0.15) is 18.2 Å². The highest BCUT2D eigenvalue weighted by atomic mass is 16.5. The maximum Gasteiger partial charge on any atom is 0.259 e. The second kappa shape index (κ2) is 7.53. The van der Waals surface area contributed by atoms with E-state index in [0.717, 1.165) is 11.3 Å². The third-order valence-electron chi connectivity index (χ3n) is 3.61. The van der Waals surface area contributed by atoms with Crippen molar-refractivity contribution in [3.63, 3.8) is 0 Å². The van der Waals surface area contributed by atoms with Gasteiger partial charge in [-0.15, -0.1) is 0 Å². The number of carbonyl (C=O) groups is 1. The highest BCUT2D eigenvalue weighted by molar-refractivity contribution is 6.04. The van der Waals surface area contributed by atoms with E-state index in [4.69, 9.17) is 4.74 Å². The van der Waals surface area contributed by atoms with Crippen molar-refractivity contribution in [3.8, 4) is 5.75 Å². The molecule has 25 heavy (non-hydrogen) atoms. The van der Waals surface area contributed by atoms with Gasteiger partial charge >= 0.3 is 0 Å². The van der Waals surface area contributed by atoms with Gasteiger partial charge in [-0.2, -0.15) is 0 Å². The van der Waals surface area contributed by atoms with Gasteiger partial charge in [0.15, 0.2) is 0 Å². The lowest BCUT2D eigenvalue weighted by Crippen LogP contribution is -2.15. The summed E-state index contributed by atoms with van der Waals surface area (Å²) >= 11 is 0. The average Bonchev–Trinajstić information content (AvgIpc) is 2.62. The Balaban J connectivity index is 1.61. The van der Waals surface area contributed by atoms with Crippen LogP contribution in [0.5, 0.6) is 5.75 Å². The molecule has 0 saturated carbocycles. The van der Waals surface area contributed by atoms with Gasteiger partial charge in [0, 0.05) is 24.3 Å². The van der Waals surface area contributed by atoms with Crippen molar-refractivity contribution >= 4 is 11.6 Å². The third-order valence-corrected chi connectivity index (χ3v) is 3.61. The number of pyridine rings is 1. The van der Waals surface area contributed by atoms with Gasteiger partial charge in [0.2, 0.25) is 0 Å². The van der Waals surface area contributed by atoms with E-state index in [1.54, 1.807) is 44.6 Å². The van der Waals surface area contributed by atoms with Crippen LogP contribution in [-0.4, -0.2) is 20.9 Å². The monoisotopic (exact) mass is 334 g/mol. The lowest BCUT2D eigenvalue weighted by molar-refractivity contribution is 0.102. The number of rotatable bonds is 5. The minimum absolute atomic E-state index is 0.233. The van der Waals surface area contributed by atoms with Crippen molar-refractivity contribution in [1.29, 1.82) is 0 Å². The first kappa shape index (κ1) is 16.6. The van der Waals surface area contributed by atoms with E-state index in [1.165, 1.54) is 0 Å². The first-order valence-electron chi connectivity index (χ1n) is 7.85. The van der Waals surface area contributed by atoms with Crippen LogP contribution in [0.15, 0.2) is 55.0 Å². The molecule has 0 bridgehead atoms. The Bertz CT molecular complexity index is 864. The standard InChI is InChI=1S/C19H18N4O2/c1-13-18(11-21-14(2)22-13)19(24)23-16-3-5-17(6-4-16)25-12-15-7-9-20-10-8-15/h3-11H,12H2,1-2H3,(H,23,24). The van der Waals surface area contributed by atoms with Crippen LogP contribution in [0.25, 0.3) is 0 Å². The number of amides is 1. The zero-order chi connectivity index (χ0) is 17.6. The van der Waals surface area contributed by atoms with E-state index in [0.29, 0.717) is 29.4 Å². The summed E-state index contributed by atoms with van der Waals surface area (Å²) in [5, 5.41) is 2.84. The van der Waals surface area contributed by atoms with Crippen LogP contribution in [0.2, 0.25) is 0 Å². The zero-order valence-corrected chi connectivity index (χ0v) is 14.1. The number of aromatic nitrogens is 3. The topological polar surface area (TPSA) is 77.0 Å². The third kappa shape index (κ3) is 4.38. The molecule has 6 nitrogen and oxygen atoms in total. The Kier molecular flexibility index (Phi) is 4.99. The Morgan fingerprint density at radius 2 is 1.80 bits per heavy atom. The Morgan fingerprint density at radius 1 is 1.08 bits per heavy atom. The van der Waals surface area contributed by atoms with E-state index in [-0.39, 0.29) is 5.91 Å². The minimum Gasteiger partial charge on any atom is -0.489 e. The molecule has 3 rings (SSSR count). The number of hydrogen-bond donors (Lipinski definition) is 1. The number of benzene rings is 1. The molecule has 2 aromatic heterocycles. The summed E-state index contributed by atoms with van der Waals surface area (Å²) in [7, 11) is 0. The van der Waals surface area contributed by atoms with Gasteiger partial charge in [-0.1, -0.05) is 0 Å². The molecule has 0 aliphatic carbocycles. The summed E-state index contributed by atoms with van der Waals surface area (Å²) in [5.74, 6) is 1.14. The summed E-state index contributed by atoms with van der Waals surface area (Å²) in [6.45, 7) is 4.05. The maximum atomic E-state index is 12.3. The Labute approximate surface area is 145 Å². The largest absolute Gasteiger partial charge is 0.489 e. The van der Waals surface area contributed by atoms with Gasteiger partial charge in [0.25, 0.3) is 5.91 Å². The van der Waals surface area contributed by atoms with Crippen molar-refractivity contribution in [2.75, 3.05) is 5.32 Å². The number of aryl methyl sites for hydroxylation is 2. The van der Waals surface area contributed by atoms with E-state index in [1.807, 2.05) is 24.3 Å². The van der Waals surface area contributed by atoms with Crippen LogP contribution in [0.4, 0.5) is 5.69 Å². The van der Waals surface area contributed by atoms with Crippen molar-refractivity contribution in [2.24, 2.45) is 0 Å². The van der Waals surface area contributed by atoms with Gasteiger partial charge in [-0.25, -0.2) is 9.97 Å². The number of ether oxygens (including phenoxy) is 1. The number of hydrogen-bond acceptors (Lipinski definition) is 5. The molecule has 6 heteroatoms. The number of nitrogens with one attached hydrogen (secondary N) is 1. The molecule has 0 fully saturated rings. The van der Waals surface area contributed by atoms with Crippen LogP contribution in [0, 0.1) is 13.8 Å². The predicted molar refractivity (Wildman–Crippen MR) is 94.5 cm³/mol. The first-order valence-corrected chi connectivity index (χ1v) is 7.85. The SMILES string of the molecule is Cc1ncc(C(=O)Nc2ccc(OCc3ccncc3)cc2)c(C)n1. The van der Waals surface area contributed by atoms with Crippen LogP contribution < -0.4 is 10.1 Å². The van der Waals surface area contributed by atoms with Crippen molar-refractivity contribution in [3.05, 3.63) is 77.6 Å². The maximum absolute atomic E-state index is 12.3. The van der Waals surface area contributed by atoms with E-state index >= 15 is 0 Å². The molecule has 0 atom stereocenters. The molecule has 0 spiro atoms. The van der Waals surface area contributed by atoms with Crippen LogP contribution in [0.3, 0.4) is 0 Å². The summed E-state index contributed by atoms with van der Waals surface area (Å²) in [5.41, 5.74) is 2.84. The number of carbonyl (C=O) groups excluding carboxylic acids is 1. The second-order valence-corrected chi connectivity index (χ2v) is 5.54. The molecule has 1 N–H and O–H groups in total. The summed E-state index contributed by atoms with van der Waals surface area (Å²) < 4.78 is 5.71. The lowest BCUT2D eigenvalue weighted by Gasteiger charge is -2.09. The molecule has 0 saturated heterocycles. The smallest absolute Gasteiger partial charge is 0.259 e. The molecular formula is C19H18N4O2. The first-order chi connectivity index (χ1) is 12.1. The Morgan fingerprint density at radius 3 is 2.48 bits per heavy atom. The average molecular weight is 334 g/mol. The molecule has 0 aliphatic rings. The Hall–Kier alpha value is -3.28. The van der Waals surface area contributed by atoms with Gasteiger partial charge in [-0.05, 0) is 55.8 Å². The second-order valence-electron chi connectivity index (χ2n) is 5.54. The van der Waals surface area contributed by atoms with Crippen LogP contribution >= 0.6 is 0 Å². The van der Waals surface area contributed by atoms with E-state index in [9.17, 15) is 4.79 Å². The van der Waals surface area contributed by atoms with Crippen molar-refractivity contribution in [2.45, 2.75) is 20.5 Å². The summed E-state index contributed by atoms with van der Waals surface area (Å²) in [4.78, 5) is 24.6. The highest BCUT2D eigenvalue weighted by Crippen LogP contribution is 2.18. The zero-order valence-electron chi connectivity index (χ0n) is 14.1. The predicted octanol–water partition coefficient (Wildman–Crippen LogP) is 3.32. The summed E-state index contributed by atoms with van der Waals surface area (Å²) in [6.07, 6.45) is 5.00. The fourth-order valence-electron chi connectivity index (χ4n) is 2.28. The van der Waals surface area contributed by atoms with Crippen LogP contribution in [-0.2, 0) is 6.61 Å². The molecule has 0 unspecified atom stereocenters. The molecule has 126 valence electrons.